The minimum atomic E-state index is -3.50. The predicted molar refractivity (Wildman–Crippen MR) is 127 cm³/mol. The molecular formula is C25H33N3O3S. The van der Waals surface area contributed by atoms with Crippen molar-refractivity contribution in [2.45, 2.75) is 50.8 Å². The Kier molecular flexibility index (Phi) is 6.98. The molecule has 0 atom stereocenters. The highest BCUT2D eigenvalue weighted by Crippen LogP contribution is 2.27. The molecule has 1 saturated heterocycles. The van der Waals surface area contributed by atoms with Gasteiger partial charge in [0.25, 0.3) is 0 Å². The van der Waals surface area contributed by atoms with Crippen LogP contribution in [-0.4, -0.2) is 56.3 Å². The smallest absolute Gasteiger partial charge is 0.243 e. The molecule has 32 heavy (non-hydrogen) atoms. The van der Waals surface area contributed by atoms with Crippen molar-refractivity contribution < 1.29 is 13.2 Å². The fourth-order valence-corrected chi connectivity index (χ4v) is 6.24. The average Bonchev–Trinajstić information content (AvgIpc) is 3.27. The predicted octanol–water partition coefficient (Wildman–Crippen LogP) is 3.25. The van der Waals surface area contributed by atoms with E-state index >= 15 is 0 Å². The Morgan fingerprint density at radius 2 is 1.59 bits per heavy atom. The summed E-state index contributed by atoms with van der Waals surface area (Å²) in [5, 5.41) is 3.11. The van der Waals surface area contributed by atoms with Crippen molar-refractivity contribution in [3.8, 4) is 0 Å². The Morgan fingerprint density at radius 3 is 2.25 bits per heavy atom. The van der Waals surface area contributed by atoms with E-state index in [4.69, 9.17) is 0 Å². The lowest BCUT2D eigenvalue weighted by Crippen LogP contribution is -2.50. The molecule has 1 amide bonds. The summed E-state index contributed by atoms with van der Waals surface area (Å²) in [6.07, 6.45) is 4.83. The second kappa shape index (κ2) is 9.73. The molecule has 1 fully saturated rings. The molecule has 172 valence electrons. The Labute approximate surface area is 191 Å². The number of rotatable bonds is 7. The van der Waals surface area contributed by atoms with Gasteiger partial charge < -0.3 is 5.32 Å². The summed E-state index contributed by atoms with van der Waals surface area (Å²) in [4.78, 5) is 15.2. The number of benzene rings is 2. The molecule has 0 spiro atoms. The summed E-state index contributed by atoms with van der Waals surface area (Å²) < 4.78 is 27.8. The summed E-state index contributed by atoms with van der Waals surface area (Å²) in [5.74, 6) is -0.0458. The summed E-state index contributed by atoms with van der Waals surface area (Å²) >= 11 is 0. The van der Waals surface area contributed by atoms with Crippen LogP contribution in [0.2, 0.25) is 0 Å². The van der Waals surface area contributed by atoms with Gasteiger partial charge in [0.1, 0.15) is 0 Å². The molecule has 0 radical (unpaired) electrons. The minimum Gasteiger partial charge on any atom is -0.324 e. The maximum atomic E-state index is 13.1. The highest BCUT2D eigenvalue weighted by Gasteiger charge is 2.30. The number of amides is 1. The number of anilines is 1. The van der Waals surface area contributed by atoms with Crippen LogP contribution in [-0.2, 0) is 40.5 Å². The first-order valence-electron chi connectivity index (χ1n) is 11.7. The zero-order valence-corrected chi connectivity index (χ0v) is 19.9. The van der Waals surface area contributed by atoms with E-state index in [0.29, 0.717) is 31.1 Å². The number of hydrogen-bond acceptors (Lipinski definition) is 4. The van der Waals surface area contributed by atoms with E-state index in [9.17, 15) is 13.2 Å². The number of sulfonamides is 1. The van der Waals surface area contributed by atoms with Crippen LogP contribution in [0.1, 0.15) is 42.5 Å². The number of para-hydroxylation sites is 1. The third-order valence-corrected chi connectivity index (χ3v) is 8.56. The van der Waals surface area contributed by atoms with Crippen molar-refractivity contribution in [1.82, 2.24) is 9.21 Å². The van der Waals surface area contributed by atoms with E-state index in [1.54, 1.807) is 10.4 Å². The maximum absolute atomic E-state index is 13.1. The molecule has 2 aliphatic rings. The SMILES string of the molecule is CCc1cccc(CC)c1NC(=O)CN1CCN(S(=O)(=O)c2ccc3c(c2)CCC3)CC1. The van der Waals surface area contributed by atoms with Gasteiger partial charge in [-0.1, -0.05) is 38.1 Å². The molecule has 0 saturated carbocycles. The summed E-state index contributed by atoms with van der Waals surface area (Å²) in [5.41, 5.74) is 5.65. The topological polar surface area (TPSA) is 69.7 Å². The van der Waals surface area contributed by atoms with E-state index < -0.39 is 10.0 Å². The fourth-order valence-electron chi connectivity index (χ4n) is 4.77. The first kappa shape index (κ1) is 23.0. The molecule has 1 aliphatic heterocycles. The number of nitrogens with one attached hydrogen (secondary N) is 1. The van der Waals surface area contributed by atoms with Gasteiger partial charge in [0.2, 0.25) is 15.9 Å². The van der Waals surface area contributed by atoms with Crippen LogP contribution in [0.25, 0.3) is 0 Å². The van der Waals surface area contributed by atoms with E-state index in [1.165, 1.54) is 11.1 Å². The van der Waals surface area contributed by atoms with Crippen molar-refractivity contribution in [3.63, 3.8) is 0 Å². The largest absolute Gasteiger partial charge is 0.324 e. The van der Waals surface area contributed by atoms with Crippen LogP contribution < -0.4 is 5.32 Å². The third-order valence-electron chi connectivity index (χ3n) is 6.67. The first-order chi connectivity index (χ1) is 15.4. The highest BCUT2D eigenvalue weighted by atomic mass is 32.2. The quantitative estimate of drug-likeness (QED) is 0.696. The zero-order chi connectivity index (χ0) is 22.7. The van der Waals surface area contributed by atoms with Crippen molar-refractivity contribution in [3.05, 3.63) is 58.7 Å². The second-order valence-electron chi connectivity index (χ2n) is 8.67. The van der Waals surface area contributed by atoms with Crippen LogP contribution in [0.3, 0.4) is 0 Å². The maximum Gasteiger partial charge on any atom is 0.243 e. The highest BCUT2D eigenvalue weighted by molar-refractivity contribution is 7.89. The van der Waals surface area contributed by atoms with Gasteiger partial charge in [-0.3, -0.25) is 9.69 Å². The summed E-state index contributed by atoms with van der Waals surface area (Å²) in [6, 6.07) is 11.7. The molecule has 6 nitrogen and oxygen atoms in total. The van der Waals surface area contributed by atoms with Crippen LogP contribution in [0.5, 0.6) is 0 Å². The number of carbonyl (C=O) groups is 1. The molecule has 0 aromatic heterocycles. The standard InChI is InChI=1S/C25H33N3O3S/c1-3-19-7-5-8-20(4-2)25(19)26-24(29)18-27-13-15-28(16-14-27)32(30,31)23-12-11-21-9-6-10-22(21)17-23/h5,7-8,11-12,17H,3-4,6,9-10,13-16,18H2,1-2H3,(H,26,29). The van der Waals surface area contributed by atoms with E-state index in [-0.39, 0.29) is 12.5 Å². The Morgan fingerprint density at radius 1 is 0.938 bits per heavy atom. The second-order valence-corrected chi connectivity index (χ2v) is 10.6. The van der Waals surface area contributed by atoms with Crippen LogP contribution in [0.15, 0.2) is 41.3 Å². The average molecular weight is 456 g/mol. The van der Waals surface area contributed by atoms with Crippen molar-refractivity contribution in [2.24, 2.45) is 0 Å². The van der Waals surface area contributed by atoms with Crippen molar-refractivity contribution in [1.29, 1.82) is 0 Å². The molecule has 7 heteroatoms. The lowest BCUT2D eigenvalue weighted by molar-refractivity contribution is -0.117. The minimum absolute atomic E-state index is 0.0458. The first-order valence-corrected chi connectivity index (χ1v) is 13.1. The normalized spacial score (nSPS) is 17.3. The third kappa shape index (κ3) is 4.75. The number of piperazine rings is 1. The van der Waals surface area contributed by atoms with Crippen LogP contribution >= 0.6 is 0 Å². The lowest BCUT2D eigenvalue weighted by atomic mass is 10.0. The monoisotopic (exact) mass is 455 g/mol. The number of hydrogen-bond donors (Lipinski definition) is 1. The Bertz CT molecular complexity index is 1070. The van der Waals surface area contributed by atoms with E-state index in [0.717, 1.165) is 48.9 Å². The molecule has 1 N–H and O–H groups in total. The summed E-state index contributed by atoms with van der Waals surface area (Å²) in [7, 11) is -3.50. The number of aryl methyl sites for hydroxylation is 4. The van der Waals surface area contributed by atoms with Gasteiger partial charge in [-0.2, -0.15) is 4.31 Å². The molecule has 2 aromatic carbocycles. The molecule has 1 heterocycles. The molecular weight excluding hydrogens is 422 g/mol. The Balaban J connectivity index is 1.36. The van der Waals surface area contributed by atoms with E-state index in [2.05, 4.69) is 31.3 Å². The molecule has 0 bridgehead atoms. The molecule has 0 unspecified atom stereocenters. The van der Waals surface area contributed by atoms with Gasteiger partial charge >= 0.3 is 0 Å². The van der Waals surface area contributed by atoms with Gasteiger partial charge in [0.15, 0.2) is 0 Å². The van der Waals surface area contributed by atoms with Crippen LogP contribution in [0.4, 0.5) is 5.69 Å². The zero-order valence-electron chi connectivity index (χ0n) is 19.1. The van der Waals surface area contributed by atoms with Crippen LogP contribution in [0, 0.1) is 0 Å². The van der Waals surface area contributed by atoms with Gasteiger partial charge in [0.05, 0.1) is 11.4 Å². The molecule has 1 aliphatic carbocycles. The van der Waals surface area contributed by atoms with Gasteiger partial charge in [0, 0.05) is 31.9 Å². The van der Waals surface area contributed by atoms with Gasteiger partial charge in [-0.25, -0.2) is 8.42 Å². The fraction of sp³-hybridized carbons (Fsp3) is 0.480. The van der Waals surface area contributed by atoms with Crippen molar-refractivity contribution in [2.75, 3.05) is 38.0 Å². The molecule has 2 aromatic rings. The van der Waals surface area contributed by atoms with Gasteiger partial charge in [-0.15, -0.1) is 0 Å². The summed E-state index contributed by atoms with van der Waals surface area (Å²) in [6.45, 7) is 6.35. The molecule has 4 rings (SSSR count). The van der Waals surface area contributed by atoms with E-state index in [1.807, 2.05) is 23.1 Å². The lowest BCUT2D eigenvalue weighted by Gasteiger charge is -2.33. The number of carbonyl (C=O) groups excluding carboxylic acids is 1. The van der Waals surface area contributed by atoms with Crippen molar-refractivity contribution >= 4 is 21.6 Å². The number of nitrogens with zero attached hydrogens (tertiary/aromatic N) is 2. The van der Waals surface area contributed by atoms with Gasteiger partial charge in [-0.05, 0) is 66.5 Å². The Hall–Kier alpha value is -2.22. The number of fused-ring (bicyclic) bond motifs is 1.